The monoisotopic (exact) mass is 230 g/mol. The summed E-state index contributed by atoms with van der Waals surface area (Å²) in [5.74, 6) is 1.33. The van der Waals surface area contributed by atoms with Gasteiger partial charge in [-0.25, -0.2) is 0 Å². The van der Waals surface area contributed by atoms with Gasteiger partial charge in [0.2, 0.25) is 0 Å². The maximum Gasteiger partial charge on any atom is 0.124 e. The molecule has 0 fully saturated rings. The van der Waals surface area contributed by atoms with Crippen molar-refractivity contribution in [2.45, 2.75) is 6.92 Å². The Balaban J connectivity index is 2.57. The fraction of sp³-hybridized carbons (Fsp3) is 0.273. The lowest BCUT2D eigenvalue weighted by Crippen LogP contribution is -1.95. The zero-order valence-electron chi connectivity index (χ0n) is 7.97. The Morgan fingerprint density at radius 2 is 2.14 bits per heavy atom. The first kappa shape index (κ1) is 11.4. The molecule has 14 heavy (non-hydrogen) atoms. The highest BCUT2D eigenvalue weighted by atomic mass is 35.5. The summed E-state index contributed by atoms with van der Waals surface area (Å²) in [5.41, 5.74) is 1.08. The molecule has 0 N–H and O–H groups in total. The first-order valence-electron chi connectivity index (χ1n) is 4.34. The van der Waals surface area contributed by atoms with Crippen LogP contribution in [0.5, 0.6) is 5.75 Å². The third-order valence-corrected chi connectivity index (χ3v) is 2.15. The van der Waals surface area contributed by atoms with Crippen LogP contribution < -0.4 is 4.74 Å². The molecule has 3 heteroatoms. The normalized spacial score (nSPS) is 10.8. The van der Waals surface area contributed by atoms with E-state index in [4.69, 9.17) is 27.9 Å². The van der Waals surface area contributed by atoms with Crippen LogP contribution in [-0.4, -0.2) is 12.5 Å². The third-order valence-electron chi connectivity index (χ3n) is 1.74. The van der Waals surface area contributed by atoms with Crippen molar-refractivity contribution in [3.8, 4) is 5.75 Å². The summed E-state index contributed by atoms with van der Waals surface area (Å²) >= 11 is 11.3. The lowest BCUT2D eigenvalue weighted by Gasteiger charge is -2.06. The molecule has 0 saturated heterocycles. The molecular weight excluding hydrogens is 219 g/mol. The van der Waals surface area contributed by atoms with Crippen LogP contribution >= 0.6 is 23.2 Å². The quantitative estimate of drug-likeness (QED) is 0.565. The van der Waals surface area contributed by atoms with Gasteiger partial charge in [0.1, 0.15) is 12.4 Å². The Labute approximate surface area is 94.3 Å². The Morgan fingerprint density at radius 3 is 2.86 bits per heavy atom. The van der Waals surface area contributed by atoms with E-state index in [1.54, 1.807) is 0 Å². The number of hydrogen-bond donors (Lipinski definition) is 0. The van der Waals surface area contributed by atoms with Crippen molar-refractivity contribution >= 4 is 23.2 Å². The molecular formula is C11H12Cl2O. The van der Waals surface area contributed by atoms with E-state index < -0.39 is 0 Å². The minimum atomic E-state index is 0.512. The number of aryl methyl sites for hydroxylation is 1. The maximum absolute atomic E-state index is 5.84. The van der Waals surface area contributed by atoms with Gasteiger partial charge in [0, 0.05) is 10.9 Å². The summed E-state index contributed by atoms with van der Waals surface area (Å²) in [7, 11) is 0. The molecule has 0 aliphatic rings. The minimum absolute atomic E-state index is 0.512. The van der Waals surface area contributed by atoms with Gasteiger partial charge >= 0.3 is 0 Å². The fourth-order valence-electron chi connectivity index (χ4n) is 0.998. The molecule has 1 aromatic carbocycles. The van der Waals surface area contributed by atoms with Crippen LogP contribution in [0.2, 0.25) is 5.02 Å². The summed E-state index contributed by atoms with van der Waals surface area (Å²) in [6.45, 7) is 2.50. The summed E-state index contributed by atoms with van der Waals surface area (Å²) in [5, 5.41) is 0.687. The van der Waals surface area contributed by atoms with Crippen molar-refractivity contribution in [3.05, 3.63) is 40.9 Å². The Hall–Kier alpha value is -0.660. The molecule has 0 heterocycles. The van der Waals surface area contributed by atoms with Crippen molar-refractivity contribution in [1.82, 2.24) is 0 Å². The number of halogens is 2. The molecule has 0 aromatic heterocycles. The predicted molar refractivity (Wildman–Crippen MR) is 61.5 cm³/mol. The van der Waals surface area contributed by atoms with Gasteiger partial charge in [0.25, 0.3) is 0 Å². The van der Waals surface area contributed by atoms with Crippen LogP contribution in [0, 0.1) is 6.92 Å². The van der Waals surface area contributed by atoms with Crippen molar-refractivity contribution in [2.75, 3.05) is 12.5 Å². The van der Waals surface area contributed by atoms with E-state index in [1.165, 1.54) is 0 Å². The van der Waals surface area contributed by atoms with Crippen LogP contribution in [-0.2, 0) is 0 Å². The average Bonchev–Trinajstić information content (AvgIpc) is 2.18. The smallest absolute Gasteiger partial charge is 0.124 e. The number of rotatable bonds is 4. The van der Waals surface area contributed by atoms with Gasteiger partial charge in [-0.2, -0.15) is 0 Å². The van der Waals surface area contributed by atoms with E-state index in [-0.39, 0.29) is 0 Å². The first-order chi connectivity index (χ1) is 6.74. The second kappa shape index (κ2) is 5.94. The molecule has 0 bridgehead atoms. The average molecular weight is 231 g/mol. The Bertz CT molecular complexity index is 321. The highest BCUT2D eigenvalue weighted by molar-refractivity contribution is 6.30. The van der Waals surface area contributed by atoms with Crippen molar-refractivity contribution in [1.29, 1.82) is 0 Å². The van der Waals surface area contributed by atoms with Gasteiger partial charge in [-0.05, 0) is 24.6 Å². The van der Waals surface area contributed by atoms with Crippen LogP contribution in [0.1, 0.15) is 5.56 Å². The summed E-state index contributed by atoms with van der Waals surface area (Å²) in [6, 6.07) is 5.59. The van der Waals surface area contributed by atoms with E-state index >= 15 is 0 Å². The second-order valence-corrected chi connectivity index (χ2v) is 3.59. The largest absolute Gasteiger partial charge is 0.489 e. The van der Waals surface area contributed by atoms with Gasteiger partial charge < -0.3 is 4.74 Å². The number of ether oxygens (including phenoxy) is 1. The highest BCUT2D eigenvalue weighted by Crippen LogP contribution is 2.22. The fourth-order valence-corrected chi connectivity index (χ4v) is 1.29. The van der Waals surface area contributed by atoms with Crippen LogP contribution in [0.4, 0.5) is 0 Å². The van der Waals surface area contributed by atoms with E-state index in [9.17, 15) is 0 Å². The molecule has 1 nitrogen and oxygen atoms in total. The van der Waals surface area contributed by atoms with Crippen LogP contribution in [0.3, 0.4) is 0 Å². The van der Waals surface area contributed by atoms with E-state index in [0.717, 1.165) is 11.3 Å². The lowest BCUT2D eigenvalue weighted by atomic mass is 10.2. The lowest BCUT2D eigenvalue weighted by molar-refractivity contribution is 0.360. The molecule has 0 saturated carbocycles. The second-order valence-electron chi connectivity index (χ2n) is 2.85. The molecule has 0 spiro atoms. The van der Waals surface area contributed by atoms with Gasteiger partial charge in [0.05, 0.1) is 0 Å². The molecule has 1 rings (SSSR count). The predicted octanol–water partition coefficient (Wildman–Crippen LogP) is 3.82. The zero-order valence-corrected chi connectivity index (χ0v) is 9.48. The molecule has 0 aliphatic carbocycles. The summed E-state index contributed by atoms with van der Waals surface area (Å²) < 4.78 is 5.49. The molecule has 0 atom stereocenters. The van der Waals surface area contributed by atoms with Crippen LogP contribution in [0.15, 0.2) is 30.4 Å². The summed E-state index contributed by atoms with van der Waals surface area (Å²) in [4.78, 5) is 0. The molecule has 76 valence electrons. The highest BCUT2D eigenvalue weighted by Gasteiger charge is 1.98. The summed E-state index contributed by atoms with van der Waals surface area (Å²) in [6.07, 6.45) is 3.73. The van der Waals surface area contributed by atoms with Crippen molar-refractivity contribution in [2.24, 2.45) is 0 Å². The number of allylic oxidation sites excluding steroid dienone is 1. The molecule has 0 amide bonds. The van der Waals surface area contributed by atoms with Crippen molar-refractivity contribution < 1.29 is 4.74 Å². The maximum atomic E-state index is 5.84. The van der Waals surface area contributed by atoms with Gasteiger partial charge in [0.15, 0.2) is 0 Å². The van der Waals surface area contributed by atoms with E-state index in [0.29, 0.717) is 17.5 Å². The van der Waals surface area contributed by atoms with Gasteiger partial charge in [-0.1, -0.05) is 29.8 Å². The Kier molecular flexibility index (Phi) is 4.85. The van der Waals surface area contributed by atoms with Crippen molar-refractivity contribution in [3.63, 3.8) is 0 Å². The number of alkyl halides is 1. The van der Waals surface area contributed by atoms with E-state index in [1.807, 2.05) is 37.3 Å². The van der Waals surface area contributed by atoms with Gasteiger partial charge in [-0.15, -0.1) is 11.6 Å². The number of hydrogen-bond acceptors (Lipinski definition) is 1. The first-order valence-corrected chi connectivity index (χ1v) is 5.25. The molecule has 1 aromatic rings. The topological polar surface area (TPSA) is 9.23 Å². The van der Waals surface area contributed by atoms with Gasteiger partial charge in [-0.3, -0.25) is 0 Å². The number of benzene rings is 1. The van der Waals surface area contributed by atoms with Crippen LogP contribution in [0.25, 0.3) is 0 Å². The zero-order chi connectivity index (χ0) is 10.4. The Morgan fingerprint density at radius 1 is 1.36 bits per heavy atom. The van der Waals surface area contributed by atoms with E-state index in [2.05, 4.69) is 0 Å². The standard InChI is InChI=1S/C11H12Cl2O/c1-9-4-5-10(13)8-11(9)14-7-3-2-6-12/h2-5,8H,6-7H2,1H3. The SMILES string of the molecule is Cc1ccc(Cl)cc1OCC=CCCl. The third kappa shape index (κ3) is 3.60. The molecule has 0 aliphatic heterocycles. The molecule has 0 unspecified atom stereocenters. The molecule has 0 radical (unpaired) electrons. The minimum Gasteiger partial charge on any atom is -0.489 e.